The van der Waals surface area contributed by atoms with E-state index < -0.39 is 5.60 Å². The molecule has 32 heavy (non-hydrogen) atoms. The van der Waals surface area contributed by atoms with E-state index in [2.05, 4.69) is 11.8 Å². The van der Waals surface area contributed by atoms with E-state index >= 15 is 0 Å². The second-order valence-corrected chi connectivity index (χ2v) is 12.0. The van der Waals surface area contributed by atoms with Crippen molar-refractivity contribution in [3.05, 3.63) is 0 Å². The van der Waals surface area contributed by atoms with Crippen LogP contribution in [-0.4, -0.2) is 60.9 Å². The number of rotatable bonds is 9. The molecule has 1 aliphatic heterocycles. The van der Waals surface area contributed by atoms with Gasteiger partial charge in [-0.3, -0.25) is 0 Å². The predicted molar refractivity (Wildman–Crippen MR) is 123 cm³/mol. The molecule has 0 N–H and O–H groups in total. The largest absolute Gasteiger partial charge is 0.444 e. The first kappa shape index (κ1) is 24.3. The van der Waals surface area contributed by atoms with Gasteiger partial charge in [0.1, 0.15) is 5.60 Å². The maximum absolute atomic E-state index is 12.9. The highest BCUT2D eigenvalue weighted by atomic mass is 16.7. The topological polar surface area (TPSA) is 57.2 Å². The van der Waals surface area contributed by atoms with Crippen molar-refractivity contribution in [3.8, 4) is 0 Å². The maximum Gasteiger partial charge on any atom is 0.410 e. The molecule has 1 heterocycles. The van der Waals surface area contributed by atoms with Gasteiger partial charge in [-0.2, -0.15) is 0 Å². The van der Waals surface area contributed by atoms with Gasteiger partial charge in [0.25, 0.3) is 0 Å². The Kier molecular flexibility index (Phi) is 7.73. The number of unbranched alkanes of at least 4 members (excludes halogenated alkanes) is 1. The smallest absolute Gasteiger partial charge is 0.410 e. The molecule has 4 rings (SSSR count). The average molecular weight is 452 g/mol. The summed E-state index contributed by atoms with van der Waals surface area (Å²) in [7, 11) is 0. The Hall–Kier alpha value is -0.850. The highest BCUT2D eigenvalue weighted by Gasteiger charge is 2.57. The minimum atomic E-state index is -0.435. The lowest BCUT2D eigenvalue weighted by Gasteiger charge is -2.61. The fraction of sp³-hybridized carbons (Fsp3) is 0.962. The van der Waals surface area contributed by atoms with Crippen molar-refractivity contribution >= 4 is 6.09 Å². The molecule has 4 fully saturated rings. The first-order valence-corrected chi connectivity index (χ1v) is 13.1. The lowest BCUT2D eigenvalue weighted by molar-refractivity contribution is -0.165. The highest BCUT2D eigenvalue weighted by molar-refractivity contribution is 5.69. The van der Waals surface area contributed by atoms with E-state index in [9.17, 15) is 4.79 Å². The molecule has 1 saturated heterocycles. The Morgan fingerprint density at radius 2 is 1.69 bits per heavy atom. The molecule has 3 aliphatic carbocycles. The second-order valence-electron chi connectivity index (χ2n) is 12.0. The summed E-state index contributed by atoms with van der Waals surface area (Å²) in [6, 6.07) is 0.720. The molecule has 184 valence electrons. The van der Waals surface area contributed by atoms with Crippen LogP contribution in [0.2, 0.25) is 0 Å². The van der Waals surface area contributed by atoms with Crippen molar-refractivity contribution in [3.63, 3.8) is 0 Å². The quantitative estimate of drug-likeness (QED) is 0.423. The molecule has 0 bridgehead atoms. The molecule has 3 saturated carbocycles. The van der Waals surface area contributed by atoms with Gasteiger partial charge in [-0.15, -0.1) is 0 Å². The second kappa shape index (κ2) is 10.2. The predicted octanol–water partition coefficient (Wildman–Crippen LogP) is 5.67. The van der Waals surface area contributed by atoms with Crippen molar-refractivity contribution < 1.29 is 23.7 Å². The Balaban J connectivity index is 1.10. The van der Waals surface area contributed by atoms with Crippen LogP contribution in [0.15, 0.2) is 0 Å². The molecular formula is C26H45NO5. The molecule has 4 aliphatic rings. The van der Waals surface area contributed by atoms with Crippen LogP contribution < -0.4 is 0 Å². The SMILES string of the molecule is CC(C)(C)OC(=O)N(C1CC2(CC(OCCCCOC3CCCCO3)C2)C1)[C@H]1C[C@@H](C)C1. The summed E-state index contributed by atoms with van der Waals surface area (Å²) in [4.78, 5) is 15.0. The molecule has 1 amide bonds. The summed E-state index contributed by atoms with van der Waals surface area (Å²) in [5.74, 6) is 0.723. The Bertz CT molecular complexity index is 606. The van der Waals surface area contributed by atoms with E-state index in [1.165, 1.54) is 6.42 Å². The van der Waals surface area contributed by atoms with Crippen LogP contribution in [0, 0.1) is 11.3 Å². The summed E-state index contributed by atoms with van der Waals surface area (Å²) in [5, 5.41) is 0. The lowest BCUT2D eigenvalue weighted by atomic mass is 9.52. The number of carbonyl (C=O) groups excluding carboxylic acids is 1. The van der Waals surface area contributed by atoms with Crippen molar-refractivity contribution in [2.75, 3.05) is 19.8 Å². The Labute approximate surface area is 194 Å². The Morgan fingerprint density at radius 1 is 1.00 bits per heavy atom. The zero-order valence-corrected chi connectivity index (χ0v) is 20.8. The Morgan fingerprint density at radius 3 is 2.28 bits per heavy atom. The molecule has 1 unspecified atom stereocenters. The van der Waals surface area contributed by atoms with E-state index in [1.54, 1.807) is 0 Å². The number of carbonyl (C=O) groups is 1. The average Bonchev–Trinajstić information content (AvgIpc) is 2.64. The fourth-order valence-corrected chi connectivity index (χ4v) is 6.00. The zero-order valence-electron chi connectivity index (χ0n) is 20.8. The minimum Gasteiger partial charge on any atom is -0.444 e. The number of amides is 1. The van der Waals surface area contributed by atoms with Crippen molar-refractivity contribution in [2.24, 2.45) is 11.3 Å². The number of hydrogen-bond acceptors (Lipinski definition) is 5. The molecule has 6 heteroatoms. The van der Waals surface area contributed by atoms with Crippen LogP contribution in [0.4, 0.5) is 4.79 Å². The van der Waals surface area contributed by atoms with E-state index in [0.717, 1.165) is 89.9 Å². The van der Waals surface area contributed by atoms with Gasteiger partial charge in [0.15, 0.2) is 6.29 Å². The molecule has 0 radical (unpaired) electrons. The van der Waals surface area contributed by atoms with Crippen molar-refractivity contribution in [1.29, 1.82) is 0 Å². The fourth-order valence-electron chi connectivity index (χ4n) is 6.00. The highest BCUT2D eigenvalue weighted by Crippen LogP contribution is 2.59. The number of hydrogen-bond donors (Lipinski definition) is 0. The third-order valence-electron chi connectivity index (χ3n) is 7.73. The molecule has 0 aromatic carbocycles. The van der Waals surface area contributed by atoms with E-state index in [0.29, 0.717) is 23.6 Å². The van der Waals surface area contributed by atoms with E-state index in [4.69, 9.17) is 18.9 Å². The van der Waals surface area contributed by atoms with Gasteiger partial charge in [0, 0.05) is 31.9 Å². The summed E-state index contributed by atoms with van der Waals surface area (Å²) in [6.45, 7) is 10.6. The molecule has 6 nitrogen and oxygen atoms in total. The summed E-state index contributed by atoms with van der Waals surface area (Å²) >= 11 is 0. The zero-order chi connectivity index (χ0) is 22.8. The van der Waals surface area contributed by atoms with Gasteiger partial charge in [0.05, 0.1) is 6.10 Å². The normalized spacial score (nSPS) is 36.7. The lowest BCUT2D eigenvalue weighted by Crippen LogP contribution is -2.63. The van der Waals surface area contributed by atoms with Crippen molar-refractivity contribution in [1.82, 2.24) is 4.90 Å². The van der Waals surface area contributed by atoms with E-state index in [-0.39, 0.29) is 12.4 Å². The third kappa shape index (κ3) is 6.18. The molecule has 1 spiro atoms. The van der Waals surface area contributed by atoms with Gasteiger partial charge >= 0.3 is 6.09 Å². The summed E-state index contributed by atoms with van der Waals surface area (Å²) in [6.07, 6.45) is 12.6. The third-order valence-corrected chi connectivity index (χ3v) is 7.73. The molecule has 0 aromatic rings. The van der Waals surface area contributed by atoms with Gasteiger partial charge < -0.3 is 23.8 Å². The van der Waals surface area contributed by atoms with Gasteiger partial charge in [-0.05, 0) is 103 Å². The first-order valence-electron chi connectivity index (χ1n) is 13.1. The van der Waals surface area contributed by atoms with Gasteiger partial charge in [-0.1, -0.05) is 6.92 Å². The number of ether oxygens (including phenoxy) is 4. The van der Waals surface area contributed by atoms with Crippen LogP contribution in [0.5, 0.6) is 0 Å². The maximum atomic E-state index is 12.9. The molecule has 0 aromatic heterocycles. The van der Waals surface area contributed by atoms with Crippen molar-refractivity contribution in [2.45, 2.75) is 128 Å². The molecule has 1 atom stereocenters. The van der Waals surface area contributed by atoms with E-state index in [1.807, 2.05) is 20.8 Å². The van der Waals surface area contributed by atoms with Crippen LogP contribution in [0.25, 0.3) is 0 Å². The molecular weight excluding hydrogens is 406 g/mol. The van der Waals surface area contributed by atoms with Crippen LogP contribution in [-0.2, 0) is 18.9 Å². The minimum absolute atomic E-state index is 0.0196. The van der Waals surface area contributed by atoms with Gasteiger partial charge in [0.2, 0.25) is 0 Å². The summed E-state index contributed by atoms with van der Waals surface area (Å²) < 4.78 is 23.3. The van der Waals surface area contributed by atoms with Crippen LogP contribution >= 0.6 is 0 Å². The standard InChI is InChI=1S/C26H45NO5/c1-19-13-20(14-19)27(24(28)32-25(2,3)4)21-15-26(16-21)17-22(18-26)29-10-7-8-12-31-23-9-5-6-11-30-23/h19-23H,5-18H2,1-4H3/t19-,20+,21?,22?,23?,26?. The first-order chi connectivity index (χ1) is 15.2. The monoisotopic (exact) mass is 451 g/mol. The van der Waals surface area contributed by atoms with Gasteiger partial charge in [-0.25, -0.2) is 4.79 Å². The summed E-state index contributed by atoms with van der Waals surface area (Å²) in [5.41, 5.74) is -0.0254. The van der Waals surface area contributed by atoms with Crippen LogP contribution in [0.3, 0.4) is 0 Å². The number of nitrogens with zero attached hydrogens (tertiary/aromatic N) is 1. The van der Waals surface area contributed by atoms with Crippen LogP contribution in [0.1, 0.15) is 98.3 Å².